The minimum atomic E-state index is -0.0941. The summed E-state index contributed by atoms with van der Waals surface area (Å²) in [5.74, 6) is -0.0941. The smallest absolute Gasteiger partial charge is 0.244 e. The normalized spacial score (nSPS) is 13.1. The second-order valence-electron chi connectivity index (χ2n) is 8.24. The van der Waals surface area contributed by atoms with Crippen molar-refractivity contribution in [3.8, 4) is 0 Å². The van der Waals surface area contributed by atoms with Gasteiger partial charge in [0.05, 0.1) is 6.04 Å². The van der Waals surface area contributed by atoms with E-state index in [1.807, 2.05) is 24.3 Å². The minimum absolute atomic E-state index is 0.0941. The van der Waals surface area contributed by atoms with Crippen molar-refractivity contribution in [2.45, 2.75) is 46.1 Å². The van der Waals surface area contributed by atoms with E-state index < -0.39 is 0 Å². The molecule has 2 rings (SSSR count). The summed E-state index contributed by atoms with van der Waals surface area (Å²) >= 11 is 5.90. The maximum atomic E-state index is 12.4. The number of benzene rings is 2. The molecule has 0 heterocycles. The van der Waals surface area contributed by atoms with E-state index in [9.17, 15) is 4.79 Å². The molecule has 0 aliphatic rings. The summed E-state index contributed by atoms with van der Waals surface area (Å²) in [4.78, 5) is 14.7. The monoisotopic (exact) mass is 412 g/mol. The largest absolute Gasteiger partial charge is 0.351 e. The van der Waals surface area contributed by atoms with Gasteiger partial charge in [0.25, 0.3) is 0 Å². The van der Waals surface area contributed by atoms with Gasteiger partial charge in [-0.25, -0.2) is 0 Å². The molecule has 0 radical (unpaired) electrons. The number of carbonyl (C=O) groups is 1. The van der Waals surface area contributed by atoms with Crippen LogP contribution in [-0.4, -0.2) is 30.4 Å². The van der Waals surface area contributed by atoms with Gasteiger partial charge in [0.1, 0.15) is 0 Å². The van der Waals surface area contributed by atoms with Crippen LogP contribution in [0.3, 0.4) is 0 Å². The Morgan fingerprint density at radius 3 is 2.14 bits per heavy atom. The SMILES string of the molecule is CCN(CC)C(CNC(=O)C=Cc1ccc(Cl)cc1)c1ccc(C(C)(C)C)cc1. The zero-order valence-electron chi connectivity index (χ0n) is 18.2. The standard InChI is InChI=1S/C25H33ClN2O/c1-6-28(7-2)23(20-11-13-21(14-12-20)25(3,4)5)18-27-24(29)17-10-19-8-15-22(26)16-9-19/h8-17,23H,6-7,18H2,1-5H3,(H,27,29). The molecule has 0 bridgehead atoms. The third kappa shape index (κ3) is 7.02. The number of amides is 1. The summed E-state index contributed by atoms with van der Waals surface area (Å²) in [6.07, 6.45) is 3.38. The zero-order valence-corrected chi connectivity index (χ0v) is 19.0. The highest BCUT2D eigenvalue weighted by atomic mass is 35.5. The summed E-state index contributed by atoms with van der Waals surface area (Å²) in [5, 5.41) is 3.75. The summed E-state index contributed by atoms with van der Waals surface area (Å²) in [6, 6.07) is 16.4. The van der Waals surface area contributed by atoms with Crippen molar-refractivity contribution in [2.75, 3.05) is 19.6 Å². The first-order valence-corrected chi connectivity index (χ1v) is 10.7. The lowest BCUT2D eigenvalue weighted by Gasteiger charge is -2.30. The second-order valence-corrected chi connectivity index (χ2v) is 8.68. The van der Waals surface area contributed by atoms with Gasteiger partial charge < -0.3 is 5.32 Å². The number of nitrogens with one attached hydrogen (secondary N) is 1. The van der Waals surface area contributed by atoms with Gasteiger partial charge >= 0.3 is 0 Å². The van der Waals surface area contributed by atoms with Crippen molar-refractivity contribution < 1.29 is 4.79 Å². The number of rotatable bonds is 8. The van der Waals surface area contributed by atoms with E-state index >= 15 is 0 Å². The van der Waals surface area contributed by atoms with E-state index in [0.717, 1.165) is 18.7 Å². The predicted octanol–water partition coefficient (Wildman–Crippen LogP) is 5.85. The molecule has 3 nitrogen and oxygen atoms in total. The van der Waals surface area contributed by atoms with Crippen molar-refractivity contribution in [1.82, 2.24) is 10.2 Å². The summed E-state index contributed by atoms with van der Waals surface area (Å²) < 4.78 is 0. The lowest BCUT2D eigenvalue weighted by Crippen LogP contribution is -2.37. The number of nitrogens with zero attached hydrogens (tertiary/aromatic N) is 1. The van der Waals surface area contributed by atoms with Gasteiger partial charge in [0, 0.05) is 17.6 Å². The molecule has 2 aromatic carbocycles. The molecule has 0 spiro atoms. The second kappa shape index (κ2) is 10.6. The lowest BCUT2D eigenvalue weighted by molar-refractivity contribution is -0.116. The fourth-order valence-corrected chi connectivity index (χ4v) is 3.46. The van der Waals surface area contributed by atoms with Crippen LogP contribution < -0.4 is 5.32 Å². The van der Waals surface area contributed by atoms with Gasteiger partial charge in [0.2, 0.25) is 5.91 Å². The maximum Gasteiger partial charge on any atom is 0.244 e. The summed E-state index contributed by atoms with van der Waals surface area (Å²) in [7, 11) is 0. The number of halogens is 1. The van der Waals surface area contributed by atoms with E-state index in [4.69, 9.17) is 11.6 Å². The van der Waals surface area contributed by atoms with E-state index in [-0.39, 0.29) is 17.4 Å². The Bertz CT molecular complexity index is 800. The molecule has 29 heavy (non-hydrogen) atoms. The first-order chi connectivity index (χ1) is 13.7. The van der Waals surface area contributed by atoms with Crippen LogP contribution in [0.5, 0.6) is 0 Å². The molecule has 1 amide bonds. The molecule has 0 saturated carbocycles. The van der Waals surface area contributed by atoms with Crippen LogP contribution in [0.1, 0.15) is 57.4 Å². The minimum Gasteiger partial charge on any atom is -0.351 e. The third-order valence-corrected chi connectivity index (χ3v) is 5.43. The Morgan fingerprint density at radius 1 is 1.03 bits per heavy atom. The molecule has 1 N–H and O–H groups in total. The Kier molecular flexibility index (Phi) is 8.48. The van der Waals surface area contributed by atoms with Crippen LogP contribution in [-0.2, 0) is 10.2 Å². The average molecular weight is 413 g/mol. The summed E-state index contributed by atoms with van der Waals surface area (Å²) in [5.41, 5.74) is 3.62. The Hall–Kier alpha value is -2.10. The van der Waals surface area contributed by atoms with Gasteiger partial charge in [-0.05, 0) is 53.4 Å². The number of hydrogen-bond donors (Lipinski definition) is 1. The van der Waals surface area contributed by atoms with Crippen molar-refractivity contribution in [1.29, 1.82) is 0 Å². The van der Waals surface area contributed by atoms with Crippen LogP contribution in [0, 0.1) is 0 Å². The van der Waals surface area contributed by atoms with Crippen LogP contribution >= 0.6 is 11.6 Å². The molecular formula is C25H33ClN2O. The fourth-order valence-electron chi connectivity index (χ4n) is 3.33. The van der Waals surface area contributed by atoms with Crippen molar-refractivity contribution >= 4 is 23.6 Å². The molecule has 0 aliphatic carbocycles. The molecular weight excluding hydrogens is 380 g/mol. The molecule has 4 heteroatoms. The van der Waals surface area contributed by atoms with Gasteiger partial charge in [-0.1, -0.05) is 82.6 Å². The fraction of sp³-hybridized carbons (Fsp3) is 0.400. The number of carbonyl (C=O) groups excluding carboxylic acids is 1. The van der Waals surface area contributed by atoms with E-state index in [1.54, 1.807) is 12.2 Å². The average Bonchev–Trinajstić information content (AvgIpc) is 2.70. The van der Waals surface area contributed by atoms with Gasteiger partial charge in [-0.3, -0.25) is 9.69 Å². The molecule has 156 valence electrons. The Balaban J connectivity index is 2.08. The Morgan fingerprint density at radius 2 is 1.62 bits per heavy atom. The van der Waals surface area contributed by atoms with E-state index in [1.165, 1.54) is 11.1 Å². The van der Waals surface area contributed by atoms with Crippen LogP contribution in [0.2, 0.25) is 5.02 Å². The van der Waals surface area contributed by atoms with Crippen LogP contribution in [0.25, 0.3) is 6.08 Å². The first-order valence-electron chi connectivity index (χ1n) is 10.3. The highest BCUT2D eigenvalue weighted by Crippen LogP contribution is 2.26. The molecule has 2 aromatic rings. The van der Waals surface area contributed by atoms with Crippen molar-refractivity contribution in [3.05, 3.63) is 76.3 Å². The molecule has 0 aromatic heterocycles. The zero-order chi connectivity index (χ0) is 21.4. The predicted molar refractivity (Wildman–Crippen MR) is 124 cm³/mol. The van der Waals surface area contributed by atoms with E-state index in [0.29, 0.717) is 11.6 Å². The summed E-state index contributed by atoms with van der Waals surface area (Å²) in [6.45, 7) is 13.4. The van der Waals surface area contributed by atoms with E-state index in [2.05, 4.69) is 69.1 Å². The third-order valence-electron chi connectivity index (χ3n) is 5.18. The van der Waals surface area contributed by atoms with Gasteiger partial charge in [-0.2, -0.15) is 0 Å². The maximum absolute atomic E-state index is 12.4. The van der Waals surface area contributed by atoms with Crippen LogP contribution in [0.4, 0.5) is 0 Å². The Labute approximate surface area is 180 Å². The van der Waals surface area contributed by atoms with Gasteiger partial charge in [0.15, 0.2) is 0 Å². The topological polar surface area (TPSA) is 32.3 Å². The molecule has 1 atom stereocenters. The van der Waals surface area contributed by atoms with Crippen LogP contribution in [0.15, 0.2) is 54.6 Å². The quantitative estimate of drug-likeness (QED) is 0.551. The molecule has 0 aliphatic heterocycles. The molecule has 0 saturated heterocycles. The highest BCUT2D eigenvalue weighted by Gasteiger charge is 2.20. The van der Waals surface area contributed by atoms with Gasteiger partial charge in [-0.15, -0.1) is 0 Å². The first kappa shape index (κ1) is 23.2. The number of likely N-dealkylation sites (N-methyl/N-ethyl adjacent to an activating group) is 1. The highest BCUT2D eigenvalue weighted by molar-refractivity contribution is 6.30. The molecule has 1 unspecified atom stereocenters. The lowest BCUT2D eigenvalue weighted by atomic mass is 9.86. The molecule has 0 fully saturated rings. The van der Waals surface area contributed by atoms with Crippen molar-refractivity contribution in [2.24, 2.45) is 0 Å². The number of hydrogen-bond acceptors (Lipinski definition) is 2. The van der Waals surface area contributed by atoms with Crippen molar-refractivity contribution in [3.63, 3.8) is 0 Å².